The van der Waals surface area contributed by atoms with Crippen LogP contribution < -0.4 is 4.90 Å². The van der Waals surface area contributed by atoms with Gasteiger partial charge < -0.3 is 10.0 Å². The number of carboxylic acids is 1. The molecule has 0 spiro atoms. The molecule has 1 aliphatic rings. The van der Waals surface area contributed by atoms with Gasteiger partial charge in [0.2, 0.25) is 0 Å². The quantitative estimate of drug-likeness (QED) is 0.935. The zero-order chi connectivity index (χ0) is 15.0. The lowest BCUT2D eigenvalue weighted by Crippen LogP contribution is -2.20. The standard InChI is InChI=1S/C18H19NO2/c1-12-8-13(2)17-15(9-12)6-7-19(17)11-14-4-3-5-16(10-14)18(20)21/h3-5,8-10H,6-7,11H2,1-2H3,(H,20,21). The lowest BCUT2D eigenvalue weighted by molar-refractivity contribution is 0.0696. The number of aromatic carboxylic acids is 1. The molecule has 3 nitrogen and oxygen atoms in total. The second kappa shape index (κ2) is 5.24. The van der Waals surface area contributed by atoms with Gasteiger partial charge in [0.05, 0.1) is 5.56 Å². The van der Waals surface area contributed by atoms with Crippen LogP contribution in [0.25, 0.3) is 0 Å². The molecule has 0 bridgehead atoms. The van der Waals surface area contributed by atoms with Crippen molar-refractivity contribution in [2.45, 2.75) is 26.8 Å². The SMILES string of the molecule is Cc1cc(C)c2c(c1)CCN2Cc1cccc(C(=O)O)c1. The van der Waals surface area contributed by atoms with E-state index in [-0.39, 0.29) is 0 Å². The van der Waals surface area contributed by atoms with E-state index < -0.39 is 5.97 Å². The van der Waals surface area contributed by atoms with E-state index >= 15 is 0 Å². The van der Waals surface area contributed by atoms with E-state index in [0.717, 1.165) is 25.1 Å². The average Bonchev–Trinajstić information content (AvgIpc) is 2.82. The van der Waals surface area contributed by atoms with Gasteiger partial charge in [0.25, 0.3) is 0 Å². The summed E-state index contributed by atoms with van der Waals surface area (Å²) < 4.78 is 0. The molecule has 0 saturated heterocycles. The summed E-state index contributed by atoms with van der Waals surface area (Å²) >= 11 is 0. The third-order valence-corrected chi connectivity index (χ3v) is 4.04. The molecule has 0 amide bonds. The van der Waals surface area contributed by atoms with Crippen molar-refractivity contribution in [3.8, 4) is 0 Å². The van der Waals surface area contributed by atoms with Gasteiger partial charge in [-0.15, -0.1) is 0 Å². The molecule has 0 fully saturated rings. The fourth-order valence-electron chi connectivity index (χ4n) is 3.24. The fraction of sp³-hybridized carbons (Fsp3) is 0.278. The van der Waals surface area contributed by atoms with Crippen molar-refractivity contribution in [2.75, 3.05) is 11.4 Å². The molecular weight excluding hydrogens is 262 g/mol. The maximum atomic E-state index is 11.1. The summed E-state index contributed by atoms with van der Waals surface area (Å²) in [6.07, 6.45) is 1.07. The summed E-state index contributed by atoms with van der Waals surface area (Å²) in [5, 5.41) is 9.09. The number of anilines is 1. The minimum Gasteiger partial charge on any atom is -0.478 e. The third-order valence-electron chi connectivity index (χ3n) is 4.04. The second-order valence-electron chi connectivity index (χ2n) is 5.77. The number of aryl methyl sites for hydroxylation is 2. The molecule has 0 aromatic heterocycles. The molecule has 0 unspecified atom stereocenters. The van der Waals surface area contributed by atoms with Gasteiger partial charge in [-0.1, -0.05) is 29.8 Å². The molecule has 0 saturated carbocycles. The van der Waals surface area contributed by atoms with Gasteiger partial charge in [-0.25, -0.2) is 4.79 Å². The van der Waals surface area contributed by atoms with E-state index in [1.807, 2.05) is 12.1 Å². The van der Waals surface area contributed by atoms with Crippen LogP contribution in [0.5, 0.6) is 0 Å². The maximum Gasteiger partial charge on any atom is 0.335 e. The zero-order valence-corrected chi connectivity index (χ0v) is 12.4. The summed E-state index contributed by atoms with van der Waals surface area (Å²) in [6.45, 7) is 6.04. The largest absolute Gasteiger partial charge is 0.478 e. The van der Waals surface area contributed by atoms with Crippen LogP contribution >= 0.6 is 0 Å². The van der Waals surface area contributed by atoms with Gasteiger partial charge in [-0.2, -0.15) is 0 Å². The van der Waals surface area contributed by atoms with Crippen molar-refractivity contribution in [1.29, 1.82) is 0 Å². The van der Waals surface area contributed by atoms with E-state index in [1.54, 1.807) is 12.1 Å². The molecule has 0 aliphatic carbocycles. The van der Waals surface area contributed by atoms with Crippen molar-refractivity contribution >= 4 is 11.7 Å². The number of carboxylic acid groups (broad SMARTS) is 1. The first-order chi connectivity index (χ1) is 10.0. The maximum absolute atomic E-state index is 11.1. The second-order valence-corrected chi connectivity index (χ2v) is 5.77. The van der Waals surface area contributed by atoms with Crippen molar-refractivity contribution in [3.05, 3.63) is 64.2 Å². The predicted molar refractivity (Wildman–Crippen MR) is 84.1 cm³/mol. The molecule has 2 aromatic rings. The Morgan fingerprint density at radius 3 is 2.81 bits per heavy atom. The van der Waals surface area contributed by atoms with Gasteiger partial charge in [-0.05, 0) is 49.1 Å². The minimum absolute atomic E-state index is 0.354. The summed E-state index contributed by atoms with van der Waals surface area (Å²) in [4.78, 5) is 13.4. The minimum atomic E-state index is -0.870. The van der Waals surface area contributed by atoms with E-state index in [0.29, 0.717) is 5.56 Å². The van der Waals surface area contributed by atoms with Crippen LogP contribution in [0.1, 0.15) is 32.6 Å². The normalized spacial score (nSPS) is 13.3. The van der Waals surface area contributed by atoms with Crippen LogP contribution in [0, 0.1) is 13.8 Å². The highest BCUT2D eigenvalue weighted by atomic mass is 16.4. The molecule has 0 radical (unpaired) electrons. The smallest absolute Gasteiger partial charge is 0.335 e. The van der Waals surface area contributed by atoms with Gasteiger partial charge in [0.1, 0.15) is 0 Å². The average molecular weight is 281 g/mol. The number of benzene rings is 2. The molecule has 3 heteroatoms. The highest BCUT2D eigenvalue weighted by Crippen LogP contribution is 2.33. The number of rotatable bonds is 3. The van der Waals surface area contributed by atoms with Gasteiger partial charge in [0.15, 0.2) is 0 Å². The lowest BCUT2D eigenvalue weighted by atomic mass is 10.0. The van der Waals surface area contributed by atoms with E-state index in [2.05, 4.69) is 30.9 Å². The number of hydrogen-bond acceptors (Lipinski definition) is 2. The van der Waals surface area contributed by atoms with Crippen molar-refractivity contribution in [3.63, 3.8) is 0 Å². The van der Waals surface area contributed by atoms with Crippen LogP contribution in [0.3, 0.4) is 0 Å². The number of carbonyl (C=O) groups is 1. The van der Waals surface area contributed by atoms with Crippen LogP contribution in [0.15, 0.2) is 36.4 Å². The Labute approximate surface area is 124 Å². The van der Waals surface area contributed by atoms with E-state index in [4.69, 9.17) is 5.11 Å². The van der Waals surface area contributed by atoms with Crippen molar-refractivity contribution in [2.24, 2.45) is 0 Å². The van der Waals surface area contributed by atoms with Crippen LogP contribution in [-0.2, 0) is 13.0 Å². The summed E-state index contributed by atoms with van der Waals surface area (Å²) in [7, 11) is 0. The van der Waals surface area contributed by atoms with Crippen molar-refractivity contribution in [1.82, 2.24) is 0 Å². The summed E-state index contributed by atoms with van der Waals surface area (Å²) in [5.74, 6) is -0.870. The Morgan fingerprint density at radius 2 is 2.05 bits per heavy atom. The Balaban J connectivity index is 1.89. The molecule has 2 aromatic carbocycles. The number of fused-ring (bicyclic) bond motifs is 1. The highest BCUT2D eigenvalue weighted by Gasteiger charge is 2.21. The molecule has 3 rings (SSSR count). The third kappa shape index (κ3) is 2.64. The Kier molecular flexibility index (Phi) is 3.42. The zero-order valence-electron chi connectivity index (χ0n) is 12.4. The first kappa shape index (κ1) is 13.7. The lowest BCUT2D eigenvalue weighted by Gasteiger charge is -2.22. The van der Waals surface area contributed by atoms with E-state index in [1.165, 1.54) is 22.4 Å². The summed E-state index contributed by atoms with van der Waals surface area (Å²) in [6, 6.07) is 11.7. The summed E-state index contributed by atoms with van der Waals surface area (Å²) in [5.41, 5.74) is 6.73. The predicted octanol–water partition coefficient (Wildman–Crippen LogP) is 3.56. The first-order valence-electron chi connectivity index (χ1n) is 7.22. The molecule has 108 valence electrons. The highest BCUT2D eigenvalue weighted by molar-refractivity contribution is 5.87. The van der Waals surface area contributed by atoms with Gasteiger partial charge in [-0.3, -0.25) is 0 Å². The number of hydrogen-bond donors (Lipinski definition) is 1. The molecular formula is C18H19NO2. The van der Waals surface area contributed by atoms with Gasteiger partial charge in [0, 0.05) is 18.8 Å². The molecule has 21 heavy (non-hydrogen) atoms. The Hall–Kier alpha value is -2.29. The monoisotopic (exact) mass is 281 g/mol. The van der Waals surface area contributed by atoms with Crippen molar-refractivity contribution < 1.29 is 9.90 Å². The Bertz CT molecular complexity index is 706. The Morgan fingerprint density at radius 1 is 1.24 bits per heavy atom. The first-order valence-corrected chi connectivity index (χ1v) is 7.22. The molecule has 0 atom stereocenters. The van der Waals surface area contributed by atoms with E-state index in [9.17, 15) is 4.79 Å². The van der Waals surface area contributed by atoms with Crippen LogP contribution in [-0.4, -0.2) is 17.6 Å². The molecule has 1 N–H and O–H groups in total. The van der Waals surface area contributed by atoms with Crippen LogP contribution in [0.4, 0.5) is 5.69 Å². The number of nitrogens with zero attached hydrogens (tertiary/aromatic N) is 1. The fourth-order valence-corrected chi connectivity index (χ4v) is 3.24. The molecule has 1 aliphatic heterocycles. The van der Waals surface area contributed by atoms with Crippen LogP contribution in [0.2, 0.25) is 0 Å². The topological polar surface area (TPSA) is 40.5 Å². The molecule has 1 heterocycles. The van der Waals surface area contributed by atoms with Gasteiger partial charge >= 0.3 is 5.97 Å².